The first-order valence-corrected chi connectivity index (χ1v) is 10.7. The maximum Gasteiger partial charge on any atom is 0.270 e. The molecule has 6 nitrogen and oxygen atoms in total. The minimum absolute atomic E-state index is 0.000316. The van der Waals surface area contributed by atoms with Crippen LogP contribution in [0, 0.1) is 13.8 Å². The summed E-state index contributed by atoms with van der Waals surface area (Å²) < 4.78 is 5.95. The topological polar surface area (TPSA) is 65.8 Å². The van der Waals surface area contributed by atoms with Crippen LogP contribution in [0.4, 0.5) is 11.6 Å². The number of thiocarbonyl (C=S) groups is 1. The third-order valence-electron chi connectivity index (χ3n) is 5.51. The maximum atomic E-state index is 13.2. The molecule has 156 valence electrons. The summed E-state index contributed by atoms with van der Waals surface area (Å²) in [7, 11) is 0. The van der Waals surface area contributed by atoms with Gasteiger partial charge in [0.25, 0.3) is 11.8 Å². The molecule has 1 N–H and O–H groups in total. The second-order valence-electron chi connectivity index (χ2n) is 7.83. The Morgan fingerprint density at radius 3 is 2.47 bits per heavy atom. The lowest BCUT2D eigenvalue weighted by Crippen LogP contribution is -2.54. The maximum absolute atomic E-state index is 13.2. The zero-order valence-electron chi connectivity index (χ0n) is 17.2. The van der Waals surface area contributed by atoms with E-state index < -0.39 is 11.8 Å². The van der Waals surface area contributed by atoms with Crippen molar-refractivity contribution in [1.29, 1.82) is 0 Å². The van der Waals surface area contributed by atoms with Crippen LogP contribution in [-0.2, 0) is 9.59 Å². The Bertz CT molecular complexity index is 1030. The number of amides is 2. The number of nitrogens with zero attached hydrogens (tertiary/aromatic N) is 2. The van der Waals surface area contributed by atoms with Gasteiger partial charge < -0.3 is 9.32 Å². The van der Waals surface area contributed by atoms with E-state index >= 15 is 0 Å². The van der Waals surface area contributed by atoms with Crippen molar-refractivity contribution in [2.45, 2.75) is 39.5 Å². The fraction of sp³-hybridized carbons (Fsp3) is 0.348. The van der Waals surface area contributed by atoms with Crippen LogP contribution in [0.25, 0.3) is 6.08 Å². The third-order valence-corrected chi connectivity index (χ3v) is 5.80. The Morgan fingerprint density at radius 2 is 1.77 bits per heavy atom. The van der Waals surface area contributed by atoms with E-state index in [4.69, 9.17) is 16.6 Å². The summed E-state index contributed by atoms with van der Waals surface area (Å²) in [6, 6.07) is 9.43. The molecule has 0 saturated carbocycles. The summed E-state index contributed by atoms with van der Waals surface area (Å²) in [6.07, 6.45) is 6.24. The van der Waals surface area contributed by atoms with Gasteiger partial charge in [0.05, 0.1) is 5.69 Å². The van der Waals surface area contributed by atoms with Gasteiger partial charge in [0.1, 0.15) is 11.3 Å². The Morgan fingerprint density at radius 1 is 1.03 bits per heavy atom. The van der Waals surface area contributed by atoms with Crippen LogP contribution in [0.1, 0.15) is 42.6 Å². The number of anilines is 2. The quantitative estimate of drug-likeness (QED) is 0.457. The molecule has 2 saturated heterocycles. The SMILES string of the molecule is Cc1ccc(N2C(=O)/C(=C\c3ccc(N4CCCCCC4)o3)C(=O)NC2=S)c(C)c1. The average Bonchev–Trinajstić information content (AvgIpc) is 2.99. The second kappa shape index (κ2) is 8.44. The molecular formula is C23H25N3O3S. The molecule has 2 fully saturated rings. The van der Waals surface area contributed by atoms with Gasteiger partial charge in [-0.15, -0.1) is 0 Å². The molecular weight excluding hydrogens is 398 g/mol. The van der Waals surface area contributed by atoms with Gasteiger partial charge in [0.2, 0.25) is 0 Å². The Balaban J connectivity index is 1.63. The molecule has 0 unspecified atom stereocenters. The molecule has 0 radical (unpaired) electrons. The largest absolute Gasteiger partial charge is 0.441 e. The first-order valence-electron chi connectivity index (χ1n) is 10.3. The number of furan rings is 1. The van der Waals surface area contributed by atoms with Gasteiger partial charge in [0.15, 0.2) is 11.0 Å². The summed E-state index contributed by atoms with van der Waals surface area (Å²) in [5.41, 5.74) is 2.65. The predicted octanol–water partition coefficient (Wildman–Crippen LogP) is 4.11. The summed E-state index contributed by atoms with van der Waals surface area (Å²) in [4.78, 5) is 29.3. The van der Waals surface area contributed by atoms with E-state index in [1.54, 1.807) is 6.07 Å². The van der Waals surface area contributed by atoms with Crippen molar-refractivity contribution < 1.29 is 14.0 Å². The Labute approximate surface area is 181 Å². The molecule has 4 rings (SSSR count). The Hall–Kier alpha value is -2.93. The van der Waals surface area contributed by atoms with E-state index in [-0.39, 0.29) is 10.7 Å². The van der Waals surface area contributed by atoms with Gasteiger partial charge in [-0.2, -0.15) is 0 Å². The highest BCUT2D eigenvalue weighted by molar-refractivity contribution is 7.80. The minimum atomic E-state index is -0.515. The zero-order chi connectivity index (χ0) is 21.3. The smallest absolute Gasteiger partial charge is 0.270 e. The fourth-order valence-corrected chi connectivity index (χ4v) is 4.23. The molecule has 1 aromatic carbocycles. The van der Waals surface area contributed by atoms with Gasteiger partial charge in [-0.25, -0.2) is 0 Å². The van der Waals surface area contributed by atoms with E-state index in [0.29, 0.717) is 11.4 Å². The van der Waals surface area contributed by atoms with Crippen LogP contribution < -0.4 is 15.1 Å². The summed E-state index contributed by atoms with van der Waals surface area (Å²) >= 11 is 5.29. The monoisotopic (exact) mass is 423 g/mol. The van der Waals surface area contributed by atoms with Crippen molar-refractivity contribution in [3.63, 3.8) is 0 Å². The van der Waals surface area contributed by atoms with E-state index in [2.05, 4.69) is 10.2 Å². The molecule has 3 heterocycles. The fourth-order valence-electron chi connectivity index (χ4n) is 3.96. The highest BCUT2D eigenvalue weighted by Gasteiger charge is 2.35. The second-order valence-corrected chi connectivity index (χ2v) is 8.21. The number of carbonyl (C=O) groups is 2. The van der Waals surface area contributed by atoms with E-state index in [1.807, 2.05) is 38.1 Å². The molecule has 2 aliphatic heterocycles. The number of rotatable bonds is 3. The minimum Gasteiger partial charge on any atom is -0.441 e. The van der Waals surface area contributed by atoms with Crippen LogP contribution in [0.15, 0.2) is 40.3 Å². The summed E-state index contributed by atoms with van der Waals surface area (Å²) in [5.74, 6) is 0.275. The van der Waals surface area contributed by atoms with Gasteiger partial charge >= 0.3 is 0 Å². The number of nitrogens with one attached hydrogen (secondary N) is 1. The number of hydrogen-bond acceptors (Lipinski definition) is 5. The van der Waals surface area contributed by atoms with Crippen LogP contribution >= 0.6 is 12.2 Å². The van der Waals surface area contributed by atoms with Gasteiger partial charge in [0, 0.05) is 19.2 Å². The lowest BCUT2D eigenvalue weighted by molar-refractivity contribution is -0.122. The average molecular weight is 424 g/mol. The van der Waals surface area contributed by atoms with Crippen molar-refractivity contribution in [2.24, 2.45) is 0 Å². The molecule has 2 aromatic rings. The predicted molar refractivity (Wildman–Crippen MR) is 122 cm³/mol. The number of benzene rings is 1. The summed E-state index contributed by atoms with van der Waals surface area (Å²) in [6.45, 7) is 5.81. The number of aryl methyl sites for hydroxylation is 2. The van der Waals surface area contributed by atoms with Crippen LogP contribution in [0.3, 0.4) is 0 Å². The molecule has 0 spiro atoms. The molecule has 2 amide bonds. The lowest BCUT2D eigenvalue weighted by Gasteiger charge is -2.30. The third kappa shape index (κ3) is 4.03. The highest BCUT2D eigenvalue weighted by Crippen LogP contribution is 2.28. The first-order chi connectivity index (χ1) is 14.4. The lowest BCUT2D eigenvalue weighted by atomic mass is 10.1. The molecule has 7 heteroatoms. The molecule has 0 atom stereocenters. The first kappa shape index (κ1) is 20.3. The number of carbonyl (C=O) groups excluding carboxylic acids is 2. The van der Waals surface area contributed by atoms with Crippen molar-refractivity contribution >= 4 is 46.8 Å². The van der Waals surface area contributed by atoms with Crippen LogP contribution in [-0.4, -0.2) is 30.0 Å². The van der Waals surface area contributed by atoms with Gasteiger partial charge in [-0.05, 0) is 62.7 Å². The standard InChI is InChI=1S/C23H25N3O3S/c1-15-7-9-19(16(2)13-15)26-22(28)18(21(27)24-23(26)30)14-17-8-10-20(29-17)25-11-5-3-4-6-12-25/h7-10,13-14H,3-6,11-12H2,1-2H3,(H,24,27,30)/b18-14-. The van der Waals surface area contributed by atoms with E-state index in [1.165, 1.54) is 23.8 Å². The normalized spacial score (nSPS) is 19.3. The summed E-state index contributed by atoms with van der Waals surface area (Å²) in [5, 5.41) is 2.71. The highest BCUT2D eigenvalue weighted by atomic mass is 32.1. The van der Waals surface area contributed by atoms with Gasteiger partial charge in [-0.1, -0.05) is 30.5 Å². The molecule has 2 aliphatic rings. The molecule has 1 aromatic heterocycles. The number of hydrogen-bond donors (Lipinski definition) is 1. The van der Waals surface area contributed by atoms with Crippen molar-refractivity contribution in [2.75, 3.05) is 22.9 Å². The van der Waals surface area contributed by atoms with Crippen LogP contribution in [0.2, 0.25) is 0 Å². The molecule has 0 aliphatic carbocycles. The van der Waals surface area contributed by atoms with Gasteiger partial charge in [-0.3, -0.25) is 19.8 Å². The van der Waals surface area contributed by atoms with Crippen LogP contribution in [0.5, 0.6) is 0 Å². The van der Waals surface area contributed by atoms with Crippen molar-refractivity contribution in [3.05, 3.63) is 52.8 Å². The zero-order valence-corrected chi connectivity index (χ0v) is 18.1. The Kier molecular flexibility index (Phi) is 5.72. The molecule has 30 heavy (non-hydrogen) atoms. The van der Waals surface area contributed by atoms with E-state index in [0.717, 1.165) is 42.9 Å². The van der Waals surface area contributed by atoms with E-state index in [9.17, 15) is 9.59 Å². The van der Waals surface area contributed by atoms with Crippen molar-refractivity contribution in [1.82, 2.24) is 5.32 Å². The molecule has 0 bridgehead atoms. The van der Waals surface area contributed by atoms with Crippen molar-refractivity contribution in [3.8, 4) is 0 Å².